The van der Waals surface area contributed by atoms with Crippen molar-refractivity contribution in [1.82, 2.24) is 25.0 Å². The van der Waals surface area contributed by atoms with Crippen LogP contribution in [0, 0.1) is 0 Å². The number of nitrogens with one attached hydrogen (secondary N) is 1. The summed E-state index contributed by atoms with van der Waals surface area (Å²) in [4.78, 5) is 34.4. The number of aromatic nitrogens is 3. The van der Waals surface area contributed by atoms with Crippen LogP contribution in [0.5, 0.6) is 5.75 Å². The maximum Gasteiger partial charge on any atom is 0.274 e. The van der Waals surface area contributed by atoms with Gasteiger partial charge in [-0.05, 0) is 49.4 Å². The summed E-state index contributed by atoms with van der Waals surface area (Å²) in [5, 5.41) is 9.23. The predicted octanol–water partition coefficient (Wildman–Crippen LogP) is 4.62. The Labute approximate surface area is 219 Å². The second kappa shape index (κ2) is 9.63. The van der Waals surface area contributed by atoms with Crippen molar-refractivity contribution in [3.05, 3.63) is 64.9 Å². The van der Waals surface area contributed by atoms with Crippen molar-refractivity contribution in [2.45, 2.75) is 37.6 Å². The standard InChI is InChI=1S/C28H29N5O3S/c1-32-22-9-4-3-8-21(22)23(31-32)26(34)29-14-15-33(19-12-13-19)28(35)24-25(37-27(30-24)17-10-11-17)18-6-5-7-20(16-18)36-2/h3-9,16-17,19H,10-15H2,1-2H3,(H,29,34). The van der Waals surface area contributed by atoms with Gasteiger partial charge in [-0.1, -0.05) is 30.3 Å². The highest BCUT2D eigenvalue weighted by molar-refractivity contribution is 7.15. The van der Waals surface area contributed by atoms with Gasteiger partial charge in [-0.15, -0.1) is 11.3 Å². The molecule has 4 aromatic rings. The number of aryl methyl sites for hydroxylation is 1. The van der Waals surface area contributed by atoms with Gasteiger partial charge >= 0.3 is 0 Å². The average molecular weight is 516 g/mol. The molecular weight excluding hydrogens is 486 g/mol. The van der Waals surface area contributed by atoms with Gasteiger partial charge in [0.1, 0.15) is 11.4 Å². The fourth-order valence-electron chi connectivity index (χ4n) is 4.67. The average Bonchev–Trinajstić information content (AvgIpc) is 3.87. The number of amides is 2. The quantitative estimate of drug-likeness (QED) is 0.351. The lowest BCUT2D eigenvalue weighted by molar-refractivity contribution is 0.0731. The molecule has 2 amide bonds. The second-order valence-electron chi connectivity index (χ2n) is 9.71. The van der Waals surface area contributed by atoms with Gasteiger partial charge in [-0.3, -0.25) is 14.3 Å². The number of ether oxygens (including phenoxy) is 1. The number of fused-ring (bicyclic) bond motifs is 1. The van der Waals surface area contributed by atoms with Crippen LogP contribution in [-0.4, -0.2) is 57.7 Å². The van der Waals surface area contributed by atoms with Crippen molar-refractivity contribution >= 4 is 34.1 Å². The van der Waals surface area contributed by atoms with E-state index in [2.05, 4.69) is 10.4 Å². The van der Waals surface area contributed by atoms with Crippen LogP contribution in [0.3, 0.4) is 0 Å². The van der Waals surface area contributed by atoms with Gasteiger partial charge in [0.05, 0.1) is 22.5 Å². The number of para-hydroxylation sites is 1. The maximum absolute atomic E-state index is 13.9. The number of benzene rings is 2. The van der Waals surface area contributed by atoms with E-state index in [1.54, 1.807) is 23.1 Å². The molecule has 1 N–H and O–H groups in total. The van der Waals surface area contributed by atoms with E-state index in [9.17, 15) is 9.59 Å². The van der Waals surface area contributed by atoms with Crippen LogP contribution in [0.25, 0.3) is 21.3 Å². The summed E-state index contributed by atoms with van der Waals surface area (Å²) in [6, 6.07) is 15.7. The molecule has 2 saturated carbocycles. The van der Waals surface area contributed by atoms with E-state index in [4.69, 9.17) is 9.72 Å². The Morgan fingerprint density at radius 3 is 2.68 bits per heavy atom. The molecule has 2 aliphatic carbocycles. The van der Waals surface area contributed by atoms with Crippen LogP contribution in [0.2, 0.25) is 0 Å². The Balaban J connectivity index is 1.21. The van der Waals surface area contributed by atoms with Crippen LogP contribution < -0.4 is 10.1 Å². The van der Waals surface area contributed by atoms with Crippen LogP contribution in [0.4, 0.5) is 0 Å². The smallest absolute Gasteiger partial charge is 0.274 e. The van der Waals surface area contributed by atoms with Crippen molar-refractivity contribution < 1.29 is 14.3 Å². The van der Waals surface area contributed by atoms with E-state index in [0.29, 0.717) is 30.4 Å². The summed E-state index contributed by atoms with van der Waals surface area (Å²) in [7, 11) is 3.47. The first kappa shape index (κ1) is 23.7. The van der Waals surface area contributed by atoms with Crippen molar-refractivity contribution in [2.75, 3.05) is 20.2 Å². The number of rotatable bonds is 9. The van der Waals surface area contributed by atoms with Gasteiger partial charge in [0.15, 0.2) is 5.69 Å². The van der Waals surface area contributed by atoms with Crippen molar-refractivity contribution in [2.24, 2.45) is 7.05 Å². The van der Waals surface area contributed by atoms with E-state index in [-0.39, 0.29) is 17.9 Å². The molecule has 2 aliphatic rings. The minimum atomic E-state index is -0.234. The summed E-state index contributed by atoms with van der Waals surface area (Å²) in [6.45, 7) is 0.772. The Bertz CT molecular complexity index is 1480. The lowest BCUT2D eigenvalue weighted by Gasteiger charge is -2.22. The molecule has 190 valence electrons. The minimum Gasteiger partial charge on any atom is -0.497 e. The summed E-state index contributed by atoms with van der Waals surface area (Å²) in [5.74, 6) is 0.904. The molecule has 37 heavy (non-hydrogen) atoms. The van der Waals surface area contributed by atoms with E-state index in [1.165, 1.54) is 0 Å². The van der Waals surface area contributed by atoms with Crippen LogP contribution in [-0.2, 0) is 7.05 Å². The Morgan fingerprint density at radius 1 is 1.11 bits per heavy atom. The van der Waals surface area contributed by atoms with E-state index < -0.39 is 0 Å². The van der Waals surface area contributed by atoms with E-state index in [1.807, 2.05) is 60.5 Å². The molecule has 0 saturated heterocycles. The summed E-state index contributed by atoms with van der Waals surface area (Å²) in [6.07, 6.45) is 4.19. The minimum absolute atomic E-state index is 0.0685. The SMILES string of the molecule is COc1cccc(-c2sc(C3CC3)nc2C(=O)N(CCNC(=O)c2nn(C)c3ccccc23)C2CC2)c1. The summed E-state index contributed by atoms with van der Waals surface area (Å²) < 4.78 is 7.13. The number of thiazole rings is 1. The highest BCUT2D eigenvalue weighted by Crippen LogP contribution is 2.45. The third-order valence-corrected chi connectivity index (χ3v) is 8.23. The normalized spacial score (nSPS) is 15.1. The van der Waals surface area contributed by atoms with Gasteiger partial charge in [0.2, 0.25) is 0 Å². The number of nitrogens with zero attached hydrogens (tertiary/aromatic N) is 4. The fraction of sp³-hybridized carbons (Fsp3) is 0.357. The second-order valence-corrected chi connectivity index (χ2v) is 10.7. The largest absolute Gasteiger partial charge is 0.497 e. The van der Waals surface area contributed by atoms with Gasteiger partial charge < -0.3 is 15.0 Å². The first-order valence-electron chi connectivity index (χ1n) is 12.7. The summed E-state index contributed by atoms with van der Waals surface area (Å²) >= 11 is 1.62. The van der Waals surface area contributed by atoms with Crippen molar-refractivity contribution in [1.29, 1.82) is 0 Å². The molecule has 0 spiro atoms. The Morgan fingerprint density at radius 2 is 1.92 bits per heavy atom. The van der Waals surface area contributed by atoms with Crippen LogP contribution >= 0.6 is 11.3 Å². The third-order valence-electron chi connectivity index (χ3n) is 6.96. The molecule has 0 unspecified atom stereocenters. The monoisotopic (exact) mass is 515 g/mol. The maximum atomic E-state index is 13.9. The number of carbonyl (C=O) groups is 2. The van der Waals surface area contributed by atoms with Crippen LogP contribution in [0.1, 0.15) is 57.6 Å². The molecule has 8 nitrogen and oxygen atoms in total. The fourth-order valence-corrected chi connectivity index (χ4v) is 5.90. The number of hydrogen-bond acceptors (Lipinski definition) is 6. The predicted molar refractivity (Wildman–Crippen MR) is 143 cm³/mol. The molecule has 2 fully saturated rings. The first-order chi connectivity index (χ1) is 18.0. The lowest BCUT2D eigenvalue weighted by atomic mass is 10.1. The molecule has 6 rings (SSSR count). The van der Waals surface area contributed by atoms with Gasteiger partial charge in [0.25, 0.3) is 11.8 Å². The Hall–Kier alpha value is -3.72. The van der Waals surface area contributed by atoms with E-state index in [0.717, 1.165) is 57.8 Å². The van der Waals surface area contributed by atoms with Gasteiger partial charge in [0, 0.05) is 37.5 Å². The van der Waals surface area contributed by atoms with E-state index >= 15 is 0 Å². The molecule has 2 aromatic carbocycles. The molecular formula is C28H29N5O3S. The van der Waals surface area contributed by atoms with Crippen LogP contribution in [0.15, 0.2) is 48.5 Å². The molecule has 9 heteroatoms. The molecule has 2 aromatic heterocycles. The third kappa shape index (κ3) is 4.71. The summed E-state index contributed by atoms with van der Waals surface area (Å²) in [5.41, 5.74) is 2.76. The molecule has 0 radical (unpaired) electrons. The molecule has 0 atom stereocenters. The van der Waals surface area contributed by atoms with Gasteiger partial charge in [-0.25, -0.2) is 4.98 Å². The first-order valence-corrected chi connectivity index (χ1v) is 13.5. The zero-order valence-corrected chi connectivity index (χ0v) is 21.8. The molecule has 2 heterocycles. The zero-order valence-electron chi connectivity index (χ0n) is 20.9. The lowest BCUT2D eigenvalue weighted by Crippen LogP contribution is -2.40. The zero-order chi connectivity index (χ0) is 25.5. The number of carbonyl (C=O) groups excluding carboxylic acids is 2. The van der Waals surface area contributed by atoms with Gasteiger partial charge in [-0.2, -0.15) is 5.10 Å². The molecule has 0 bridgehead atoms. The Kier molecular flexibility index (Phi) is 6.16. The highest BCUT2D eigenvalue weighted by Gasteiger charge is 2.37. The molecule has 0 aliphatic heterocycles. The number of hydrogen-bond donors (Lipinski definition) is 1. The highest BCUT2D eigenvalue weighted by atomic mass is 32.1. The number of methoxy groups -OCH3 is 1. The topological polar surface area (TPSA) is 89.3 Å². The van der Waals surface area contributed by atoms with Crippen molar-refractivity contribution in [3.63, 3.8) is 0 Å². The van der Waals surface area contributed by atoms with Crippen molar-refractivity contribution in [3.8, 4) is 16.2 Å².